The maximum absolute atomic E-state index is 12.8. The molecule has 1 aromatic carbocycles. The maximum Gasteiger partial charge on any atom is 0.174 e. The molecule has 1 aliphatic heterocycles. The van der Waals surface area contributed by atoms with Gasteiger partial charge in [0.2, 0.25) is 0 Å². The smallest absolute Gasteiger partial charge is 0.174 e. The molecule has 1 aliphatic rings. The van der Waals surface area contributed by atoms with Crippen molar-refractivity contribution in [3.05, 3.63) is 52.8 Å². The number of rotatable bonds is 2. The molecule has 5 heteroatoms. The summed E-state index contributed by atoms with van der Waals surface area (Å²) >= 11 is 6.18. The number of aromatic nitrogens is 1. The van der Waals surface area contributed by atoms with Gasteiger partial charge in [-0.1, -0.05) is 11.6 Å². The molecule has 3 rings (SSSR count). The number of Topliss-reactive ketones (excluding diaryl/α,β-unsaturated/α-hetero) is 1. The predicted octanol–water partition coefficient (Wildman–Crippen LogP) is 3.49. The molecule has 0 spiro atoms. The van der Waals surface area contributed by atoms with Gasteiger partial charge in [-0.15, -0.1) is 0 Å². The number of methoxy groups -OCH3 is 1. The monoisotopic (exact) mass is 303 g/mol. The minimum Gasteiger partial charge on any atom is -0.497 e. The van der Waals surface area contributed by atoms with Crippen LogP contribution >= 0.6 is 11.6 Å². The quantitative estimate of drug-likeness (QED) is 0.852. The Morgan fingerprint density at radius 1 is 1.38 bits per heavy atom. The Morgan fingerprint density at radius 2 is 2.24 bits per heavy atom. The molecule has 4 nitrogen and oxygen atoms in total. The molecule has 1 aromatic heterocycles. The highest BCUT2D eigenvalue weighted by Crippen LogP contribution is 2.36. The number of benzene rings is 1. The summed E-state index contributed by atoms with van der Waals surface area (Å²) in [4.78, 5) is 16.8. The SMILES string of the molecule is COc1ccc2c(c1)OCCC(c1ccncc1Cl)C2=O. The number of pyridine rings is 1. The van der Waals surface area contributed by atoms with Gasteiger partial charge in [0.1, 0.15) is 11.5 Å². The van der Waals surface area contributed by atoms with Gasteiger partial charge >= 0.3 is 0 Å². The highest BCUT2D eigenvalue weighted by molar-refractivity contribution is 6.31. The Hall–Kier alpha value is -2.07. The number of fused-ring (bicyclic) bond motifs is 1. The lowest BCUT2D eigenvalue weighted by molar-refractivity contribution is 0.0958. The number of hydrogen-bond donors (Lipinski definition) is 0. The van der Waals surface area contributed by atoms with E-state index < -0.39 is 0 Å². The van der Waals surface area contributed by atoms with E-state index in [0.717, 1.165) is 5.56 Å². The molecular weight excluding hydrogens is 290 g/mol. The fourth-order valence-electron chi connectivity index (χ4n) is 2.52. The topological polar surface area (TPSA) is 48.4 Å². The van der Waals surface area contributed by atoms with Crippen LogP contribution in [0.4, 0.5) is 0 Å². The number of carbonyl (C=O) groups is 1. The maximum atomic E-state index is 12.8. The summed E-state index contributed by atoms with van der Waals surface area (Å²) in [6.07, 6.45) is 3.79. The first-order valence-electron chi connectivity index (χ1n) is 6.65. The summed E-state index contributed by atoms with van der Waals surface area (Å²) in [5, 5.41) is 0.507. The van der Waals surface area contributed by atoms with Crippen LogP contribution in [-0.4, -0.2) is 24.5 Å². The molecule has 0 amide bonds. The van der Waals surface area contributed by atoms with Crippen LogP contribution < -0.4 is 9.47 Å². The lowest BCUT2D eigenvalue weighted by Crippen LogP contribution is -2.13. The lowest BCUT2D eigenvalue weighted by Gasteiger charge is -2.14. The summed E-state index contributed by atoms with van der Waals surface area (Å²) in [6, 6.07) is 7.03. The van der Waals surface area contributed by atoms with E-state index in [-0.39, 0.29) is 11.7 Å². The Bertz CT molecular complexity index is 687. The van der Waals surface area contributed by atoms with Gasteiger partial charge < -0.3 is 9.47 Å². The number of halogens is 1. The number of hydrogen-bond acceptors (Lipinski definition) is 4. The minimum absolute atomic E-state index is 0.0123. The standard InChI is InChI=1S/C16H14ClNO3/c1-20-10-2-3-13-15(8-10)21-7-5-12(16(13)19)11-4-6-18-9-14(11)17/h2-4,6,8-9,12H,5,7H2,1H3. The van der Waals surface area contributed by atoms with E-state index in [1.54, 1.807) is 43.8 Å². The Morgan fingerprint density at radius 3 is 3.00 bits per heavy atom. The van der Waals surface area contributed by atoms with E-state index in [4.69, 9.17) is 21.1 Å². The molecular formula is C16H14ClNO3. The molecule has 0 bridgehead atoms. The zero-order chi connectivity index (χ0) is 14.8. The Labute approximate surface area is 127 Å². The van der Waals surface area contributed by atoms with Crippen molar-refractivity contribution in [2.45, 2.75) is 12.3 Å². The molecule has 0 saturated heterocycles. The zero-order valence-electron chi connectivity index (χ0n) is 11.5. The van der Waals surface area contributed by atoms with Crippen molar-refractivity contribution in [3.8, 4) is 11.5 Å². The molecule has 2 heterocycles. The molecule has 1 unspecified atom stereocenters. The van der Waals surface area contributed by atoms with Crippen molar-refractivity contribution in [2.75, 3.05) is 13.7 Å². The highest BCUT2D eigenvalue weighted by Gasteiger charge is 2.29. The summed E-state index contributed by atoms with van der Waals surface area (Å²) in [7, 11) is 1.58. The van der Waals surface area contributed by atoms with Gasteiger partial charge in [0.15, 0.2) is 5.78 Å². The third-order valence-electron chi connectivity index (χ3n) is 3.61. The van der Waals surface area contributed by atoms with Gasteiger partial charge in [-0.3, -0.25) is 9.78 Å². The molecule has 0 radical (unpaired) electrons. The molecule has 108 valence electrons. The molecule has 0 saturated carbocycles. The van der Waals surface area contributed by atoms with Crippen molar-refractivity contribution in [2.24, 2.45) is 0 Å². The van der Waals surface area contributed by atoms with Gasteiger partial charge in [-0.2, -0.15) is 0 Å². The van der Waals surface area contributed by atoms with Crippen molar-refractivity contribution < 1.29 is 14.3 Å². The molecule has 21 heavy (non-hydrogen) atoms. The predicted molar refractivity (Wildman–Crippen MR) is 79.4 cm³/mol. The van der Waals surface area contributed by atoms with Gasteiger partial charge in [-0.25, -0.2) is 0 Å². The second-order valence-corrected chi connectivity index (χ2v) is 5.22. The summed E-state index contributed by atoms with van der Waals surface area (Å²) in [5.74, 6) is 0.933. The molecule has 2 aromatic rings. The molecule has 0 fully saturated rings. The lowest BCUT2D eigenvalue weighted by atomic mass is 9.89. The van der Waals surface area contributed by atoms with Crippen LogP contribution in [-0.2, 0) is 0 Å². The van der Waals surface area contributed by atoms with Crippen LogP contribution in [0.15, 0.2) is 36.7 Å². The van der Waals surface area contributed by atoms with Crippen molar-refractivity contribution in [1.29, 1.82) is 0 Å². The van der Waals surface area contributed by atoms with Gasteiger partial charge in [0.05, 0.1) is 30.2 Å². The third-order valence-corrected chi connectivity index (χ3v) is 3.93. The van der Waals surface area contributed by atoms with Gasteiger partial charge in [-0.05, 0) is 30.2 Å². The van der Waals surface area contributed by atoms with Crippen LogP contribution in [0.25, 0.3) is 0 Å². The van der Waals surface area contributed by atoms with Gasteiger partial charge in [0, 0.05) is 18.5 Å². The number of nitrogens with zero attached hydrogens (tertiary/aromatic N) is 1. The van der Waals surface area contributed by atoms with Crippen LogP contribution in [0.1, 0.15) is 28.3 Å². The normalized spacial score (nSPS) is 17.6. The largest absolute Gasteiger partial charge is 0.497 e. The number of carbonyl (C=O) groups excluding carboxylic acids is 1. The van der Waals surface area contributed by atoms with Crippen molar-refractivity contribution in [1.82, 2.24) is 4.98 Å². The summed E-state index contributed by atoms with van der Waals surface area (Å²) < 4.78 is 10.9. The number of ketones is 1. The number of ether oxygens (including phenoxy) is 2. The fourth-order valence-corrected chi connectivity index (χ4v) is 2.77. The van der Waals surface area contributed by atoms with E-state index >= 15 is 0 Å². The van der Waals surface area contributed by atoms with E-state index in [0.29, 0.717) is 35.1 Å². The van der Waals surface area contributed by atoms with Crippen molar-refractivity contribution >= 4 is 17.4 Å². The summed E-state index contributed by atoms with van der Waals surface area (Å²) in [5.41, 5.74) is 1.36. The Balaban J connectivity index is 2.03. The molecule has 0 N–H and O–H groups in total. The van der Waals surface area contributed by atoms with E-state index in [1.807, 2.05) is 0 Å². The van der Waals surface area contributed by atoms with Crippen molar-refractivity contribution in [3.63, 3.8) is 0 Å². The first kappa shape index (κ1) is 13.9. The zero-order valence-corrected chi connectivity index (χ0v) is 12.3. The average Bonchev–Trinajstić information content (AvgIpc) is 2.67. The molecule has 1 atom stereocenters. The fraction of sp³-hybridized carbons (Fsp3) is 0.250. The molecule has 0 aliphatic carbocycles. The second kappa shape index (κ2) is 5.74. The minimum atomic E-state index is -0.310. The van der Waals surface area contributed by atoms with Crippen LogP contribution in [0.5, 0.6) is 11.5 Å². The first-order chi connectivity index (χ1) is 10.2. The highest BCUT2D eigenvalue weighted by atomic mass is 35.5. The average molecular weight is 304 g/mol. The van der Waals surface area contributed by atoms with E-state index in [1.165, 1.54) is 0 Å². The van der Waals surface area contributed by atoms with Crippen LogP contribution in [0, 0.1) is 0 Å². The third kappa shape index (κ3) is 2.59. The second-order valence-electron chi connectivity index (χ2n) is 4.81. The van der Waals surface area contributed by atoms with E-state index in [9.17, 15) is 4.79 Å². The van der Waals surface area contributed by atoms with E-state index in [2.05, 4.69) is 4.98 Å². The van der Waals surface area contributed by atoms with Crippen LogP contribution in [0.2, 0.25) is 5.02 Å². The Kier molecular flexibility index (Phi) is 3.80. The summed E-state index contributed by atoms with van der Waals surface area (Å²) in [6.45, 7) is 0.454. The van der Waals surface area contributed by atoms with Gasteiger partial charge in [0.25, 0.3) is 0 Å². The first-order valence-corrected chi connectivity index (χ1v) is 7.03. The van der Waals surface area contributed by atoms with Crippen LogP contribution in [0.3, 0.4) is 0 Å².